The Morgan fingerprint density at radius 2 is 2.16 bits per heavy atom. The van der Waals surface area contributed by atoms with Crippen molar-refractivity contribution in [3.05, 3.63) is 57.4 Å². The number of hydrogen-bond acceptors (Lipinski definition) is 7. The van der Waals surface area contributed by atoms with Gasteiger partial charge < -0.3 is 19.1 Å². The Morgan fingerprint density at radius 1 is 1.34 bits per heavy atom. The van der Waals surface area contributed by atoms with Crippen LogP contribution in [-0.4, -0.2) is 26.7 Å². The van der Waals surface area contributed by atoms with E-state index in [1.165, 1.54) is 0 Å². The summed E-state index contributed by atoms with van der Waals surface area (Å²) in [5.74, 6) is -0.181. The largest absolute Gasteiger partial charge is 0.475 e. The predicted molar refractivity (Wildman–Crippen MR) is 115 cm³/mol. The van der Waals surface area contributed by atoms with Crippen LogP contribution < -0.4 is 10.3 Å². The quantitative estimate of drug-likeness (QED) is 0.494. The lowest BCUT2D eigenvalue weighted by Gasteiger charge is -2.31. The first kappa shape index (κ1) is 20.2. The number of rotatable bonds is 4. The van der Waals surface area contributed by atoms with Crippen LogP contribution in [0.1, 0.15) is 43.4 Å². The zero-order valence-corrected chi connectivity index (χ0v) is 17.7. The summed E-state index contributed by atoms with van der Waals surface area (Å²) in [5.41, 5.74) is 1.10. The van der Waals surface area contributed by atoms with Crippen LogP contribution in [0.15, 0.2) is 35.1 Å². The Kier molecular flexibility index (Phi) is 4.53. The van der Waals surface area contributed by atoms with Gasteiger partial charge in [0.2, 0.25) is 0 Å². The Balaban J connectivity index is 1.69. The van der Waals surface area contributed by atoms with Crippen molar-refractivity contribution in [3.8, 4) is 23.2 Å². The molecule has 0 fully saturated rings. The van der Waals surface area contributed by atoms with Crippen LogP contribution in [0.3, 0.4) is 0 Å². The summed E-state index contributed by atoms with van der Waals surface area (Å²) in [4.78, 5) is 30.3. The number of esters is 1. The van der Waals surface area contributed by atoms with E-state index in [1.54, 1.807) is 23.6 Å². The number of benzene rings is 1. The lowest BCUT2D eigenvalue weighted by molar-refractivity contribution is -0.172. The van der Waals surface area contributed by atoms with Gasteiger partial charge >= 0.3 is 5.97 Å². The maximum Gasteiger partial charge on any atom is 0.343 e. The fourth-order valence-electron chi connectivity index (χ4n) is 4.43. The molecular formula is C24H21N3O5. The van der Waals surface area contributed by atoms with Crippen molar-refractivity contribution in [1.82, 2.24) is 9.55 Å². The van der Waals surface area contributed by atoms with Gasteiger partial charge in [0.1, 0.15) is 18.4 Å². The molecule has 0 bridgehead atoms. The van der Waals surface area contributed by atoms with E-state index in [0.29, 0.717) is 46.7 Å². The molecule has 162 valence electrons. The molecule has 3 aromatic rings. The molecule has 2 aliphatic heterocycles. The zero-order valence-electron chi connectivity index (χ0n) is 17.7. The van der Waals surface area contributed by atoms with Crippen molar-refractivity contribution in [3.63, 3.8) is 0 Å². The van der Waals surface area contributed by atoms with Crippen molar-refractivity contribution in [2.75, 3.05) is 0 Å². The highest BCUT2D eigenvalue weighted by molar-refractivity contribution is 5.89. The summed E-state index contributed by atoms with van der Waals surface area (Å²) in [6.45, 7) is 3.70. The standard InChI is InChI=1S/C24H21N3O5/c1-3-14(10-25)32-20-7-5-6-18-15(20)8-13-11-27-19(21(13)26-18)9-17-16(22(27)28)12-31-23(29)24(17,30)4-2/h5-9,14,30H,3-4,11-12H2,1-2H3/t14?,24-/m0/s1. The second-order valence-electron chi connectivity index (χ2n) is 8.07. The molecule has 32 heavy (non-hydrogen) atoms. The van der Waals surface area contributed by atoms with Crippen LogP contribution in [0.5, 0.6) is 5.75 Å². The van der Waals surface area contributed by atoms with Gasteiger partial charge in [-0.05, 0) is 37.1 Å². The number of carbonyl (C=O) groups excluding carboxylic acids is 1. The van der Waals surface area contributed by atoms with Crippen LogP contribution in [0.25, 0.3) is 22.3 Å². The summed E-state index contributed by atoms with van der Waals surface area (Å²) in [6, 6.07) is 11.2. The third kappa shape index (κ3) is 2.75. The third-order valence-electron chi connectivity index (χ3n) is 6.30. The molecule has 1 N–H and O–H groups in total. The van der Waals surface area contributed by atoms with Crippen LogP contribution in [0.2, 0.25) is 0 Å². The summed E-state index contributed by atoms with van der Waals surface area (Å²) in [7, 11) is 0. The molecular weight excluding hydrogens is 410 g/mol. The molecule has 0 radical (unpaired) electrons. The summed E-state index contributed by atoms with van der Waals surface area (Å²) in [5, 5.41) is 21.0. The highest BCUT2D eigenvalue weighted by Crippen LogP contribution is 2.39. The lowest BCUT2D eigenvalue weighted by Crippen LogP contribution is -2.44. The van der Waals surface area contributed by atoms with E-state index in [-0.39, 0.29) is 18.6 Å². The Hall–Kier alpha value is -3.70. The number of nitrogens with zero attached hydrogens (tertiary/aromatic N) is 3. The molecule has 2 aliphatic rings. The second kappa shape index (κ2) is 7.18. The van der Waals surface area contributed by atoms with E-state index in [2.05, 4.69) is 6.07 Å². The van der Waals surface area contributed by atoms with E-state index >= 15 is 0 Å². The van der Waals surface area contributed by atoms with E-state index in [9.17, 15) is 20.0 Å². The third-order valence-corrected chi connectivity index (χ3v) is 6.30. The molecule has 4 heterocycles. The number of cyclic esters (lactones) is 1. The first-order chi connectivity index (χ1) is 15.4. The van der Waals surface area contributed by atoms with Gasteiger partial charge in [0.15, 0.2) is 11.7 Å². The number of hydrogen-bond donors (Lipinski definition) is 1. The minimum atomic E-state index is -1.85. The first-order valence-corrected chi connectivity index (χ1v) is 10.6. The molecule has 1 unspecified atom stereocenters. The summed E-state index contributed by atoms with van der Waals surface area (Å²) >= 11 is 0. The molecule has 0 aliphatic carbocycles. The molecule has 0 spiro atoms. The molecule has 0 saturated heterocycles. The van der Waals surface area contributed by atoms with E-state index < -0.39 is 17.7 Å². The molecule has 8 heteroatoms. The smallest absolute Gasteiger partial charge is 0.343 e. The highest BCUT2D eigenvalue weighted by atomic mass is 16.6. The molecule has 1 aromatic carbocycles. The normalized spacial score (nSPS) is 19.5. The Labute approximate surface area is 183 Å². The van der Waals surface area contributed by atoms with Gasteiger partial charge in [-0.2, -0.15) is 5.26 Å². The van der Waals surface area contributed by atoms with Crippen LogP contribution in [0.4, 0.5) is 0 Å². The van der Waals surface area contributed by atoms with Gasteiger partial charge in [-0.25, -0.2) is 9.78 Å². The molecule has 0 amide bonds. The fourth-order valence-corrected chi connectivity index (χ4v) is 4.43. The molecule has 5 rings (SSSR count). The van der Waals surface area contributed by atoms with Crippen LogP contribution >= 0.6 is 0 Å². The number of pyridine rings is 2. The first-order valence-electron chi connectivity index (χ1n) is 10.6. The fraction of sp³-hybridized carbons (Fsp3) is 0.333. The maximum absolute atomic E-state index is 13.2. The lowest BCUT2D eigenvalue weighted by atomic mass is 9.86. The van der Waals surface area contributed by atoms with Crippen molar-refractivity contribution in [2.45, 2.75) is 51.5 Å². The second-order valence-corrected chi connectivity index (χ2v) is 8.07. The van der Waals surface area contributed by atoms with Gasteiger partial charge in [-0.15, -0.1) is 0 Å². The summed E-state index contributed by atoms with van der Waals surface area (Å²) < 4.78 is 12.6. The maximum atomic E-state index is 13.2. The average Bonchev–Trinajstić information content (AvgIpc) is 3.17. The van der Waals surface area contributed by atoms with Crippen molar-refractivity contribution >= 4 is 16.9 Å². The van der Waals surface area contributed by atoms with E-state index in [0.717, 1.165) is 10.9 Å². The van der Waals surface area contributed by atoms with Gasteiger partial charge in [0.25, 0.3) is 5.56 Å². The molecule has 2 aromatic heterocycles. The number of aliphatic hydroxyl groups is 1. The Morgan fingerprint density at radius 3 is 2.88 bits per heavy atom. The van der Waals surface area contributed by atoms with Gasteiger partial charge in [0.05, 0.1) is 29.0 Å². The van der Waals surface area contributed by atoms with Crippen LogP contribution in [0, 0.1) is 11.3 Å². The predicted octanol–water partition coefficient (Wildman–Crippen LogP) is 2.76. The van der Waals surface area contributed by atoms with Crippen molar-refractivity contribution in [1.29, 1.82) is 5.26 Å². The number of ether oxygens (including phenoxy) is 2. The molecule has 2 atom stereocenters. The van der Waals surface area contributed by atoms with E-state index in [4.69, 9.17) is 14.5 Å². The van der Waals surface area contributed by atoms with Crippen LogP contribution in [-0.2, 0) is 28.3 Å². The highest BCUT2D eigenvalue weighted by Gasteiger charge is 2.45. The minimum Gasteiger partial charge on any atom is -0.475 e. The number of nitriles is 1. The van der Waals surface area contributed by atoms with Crippen molar-refractivity contribution < 1.29 is 19.4 Å². The average molecular weight is 431 g/mol. The van der Waals surface area contributed by atoms with Gasteiger partial charge in [-0.1, -0.05) is 19.9 Å². The minimum absolute atomic E-state index is 0.0952. The summed E-state index contributed by atoms with van der Waals surface area (Å²) in [6.07, 6.45) is 0.0844. The molecule has 8 nitrogen and oxygen atoms in total. The number of aromatic nitrogens is 2. The number of fused-ring (bicyclic) bond motifs is 5. The van der Waals surface area contributed by atoms with E-state index in [1.807, 2.05) is 25.1 Å². The van der Waals surface area contributed by atoms with Gasteiger partial charge in [-0.3, -0.25) is 4.79 Å². The topological polar surface area (TPSA) is 114 Å². The zero-order chi connectivity index (χ0) is 22.6. The SMILES string of the molecule is CCC(C#N)Oc1cccc2nc3c(cc12)Cn1c-3cc2c(c1=O)COC(=O)[C@]2(O)CC. The Bertz CT molecular complexity index is 1390. The molecule has 0 saturated carbocycles. The van der Waals surface area contributed by atoms with Crippen molar-refractivity contribution in [2.24, 2.45) is 0 Å². The number of carbonyl (C=O) groups is 1. The monoisotopic (exact) mass is 431 g/mol. The van der Waals surface area contributed by atoms with Gasteiger partial charge in [0, 0.05) is 16.5 Å².